The Hall–Kier alpha value is -0.770. The highest BCUT2D eigenvalue weighted by Crippen LogP contribution is 2.30. The Labute approximate surface area is 117 Å². The van der Waals surface area contributed by atoms with E-state index in [2.05, 4.69) is 13.8 Å². The van der Waals surface area contributed by atoms with Crippen LogP contribution in [0.1, 0.15) is 53.9 Å². The second kappa shape index (κ2) is 6.60. The first kappa shape index (κ1) is 16.3. The predicted molar refractivity (Wildman–Crippen MR) is 78.0 cm³/mol. The van der Waals surface area contributed by atoms with Gasteiger partial charge in [0.05, 0.1) is 0 Å². The van der Waals surface area contributed by atoms with Gasteiger partial charge < -0.3 is 15.4 Å². The van der Waals surface area contributed by atoms with Crippen LogP contribution in [0.25, 0.3) is 0 Å². The molecule has 2 atom stereocenters. The van der Waals surface area contributed by atoms with E-state index in [1.54, 1.807) is 0 Å². The standard InChI is InChI=1S/C15H30N2O2/c1-11(2)13-10-12(6-8-16)7-9-17(13)14(18)19-15(3,4)5/h11-13H,6-10,16H2,1-5H3. The zero-order valence-corrected chi connectivity index (χ0v) is 13.1. The number of nitrogens with two attached hydrogens (primary N) is 1. The van der Waals surface area contributed by atoms with Crippen molar-refractivity contribution in [3.8, 4) is 0 Å². The maximum Gasteiger partial charge on any atom is 0.410 e. The zero-order chi connectivity index (χ0) is 14.6. The fourth-order valence-electron chi connectivity index (χ4n) is 2.75. The highest BCUT2D eigenvalue weighted by molar-refractivity contribution is 5.68. The molecule has 1 rings (SSSR count). The van der Waals surface area contributed by atoms with Gasteiger partial charge in [-0.15, -0.1) is 0 Å². The molecule has 0 saturated carbocycles. The first-order valence-electron chi connectivity index (χ1n) is 7.44. The van der Waals surface area contributed by atoms with Gasteiger partial charge in [0.1, 0.15) is 5.60 Å². The van der Waals surface area contributed by atoms with E-state index in [1.165, 1.54) is 0 Å². The van der Waals surface area contributed by atoms with E-state index in [0.717, 1.165) is 32.4 Å². The van der Waals surface area contributed by atoms with Gasteiger partial charge in [-0.05, 0) is 58.4 Å². The van der Waals surface area contributed by atoms with E-state index >= 15 is 0 Å². The quantitative estimate of drug-likeness (QED) is 0.857. The average molecular weight is 270 g/mol. The summed E-state index contributed by atoms with van der Waals surface area (Å²) in [6, 6.07) is 0.278. The third-order valence-corrected chi connectivity index (χ3v) is 3.73. The molecule has 0 radical (unpaired) electrons. The summed E-state index contributed by atoms with van der Waals surface area (Å²) >= 11 is 0. The molecule has 4 heteroatoms. The van der Waals surface area contributed by atoms with Gasteiger partial charge in [-0.2, -0.15) is 0 Å². The van der Waals surface area contributed by atoms with Gasteiger partial charge in [-0.25, -0.2) is 4.79 Å². The molecule has 19 heavy (non-hydrogen) atoms. The maximum absolute atomic E-state index is 12.3. The summed E-state index contributed by atoms with van der Waals surface area (Å²) in [5, 5.41) is 0. The van der Waals surface area contributed by atoms with Crippen LogP contribution in [-0.4, -0.2) is 35.7 Å². The minimum absolute atomic E-state index is 0.169. The molecular formula is C15H30N2O2. The normalized spacial score (nSPS) is 24.7. The lowest BCUT2D eigenvalue weighted by molar-refractivity contribution is -0.00290. The lowest BCUT2D eigenvalue weighted by Gasteiger charge is -2.42. The maximum atomic E-state index is 12.3. The van der Waals surface area contributed by atoms with Crippen LogP contribution >= 0.6 is 0 Å². The number of carbonyl (C=O) groups excluding carboxylic acids is 1. The van der Waals surface area contributed by atoms with E-state index in [-0.39, 0.29) is 12.1 Å². The highest BCUT2D eigenvalue weighted by Gasteiger charge is 2.35. The van der Waals surface area contributed by atoms with E-state index in [1.807, 2.05) is 25.7 Å². The molecule has 0 aromatic carbocycles. The van der Waals surface area contributed by atoms with Gasteiger partial charge in [-0.3, -0.25) is 0 Å². The molecule has 0 aliphatic carbocycles. The number of rotatable bonds is 3. The Bertz CT molecular complexity index is 297. The lowest BCUT2D eigenvalue weighted by atomic mass is 9.84. The number of carbonyl (C=O) groups is 1. The molecule has 2 unspecified atom stereocenters. The van der Waals surface area contributed by atoms with Crippen LogP contribution in [0.15, 0.2) is 0 Å². The first-order chi connectivity index (χ1) is 8.74. The molecule has 0 spiro atoms. The van der Waals surface area contributed by atoms with Crippen LogP contribution in [0, 0.1) is 11.8 Å². The molecule has 2 N–H and O–H groups in total. The monoisotopic (exact) mass is 270 g/mol. The van der Waals surface area contributed by atoms with Crippen molar-refractivity contribution in [1.29, 1.82) is 0 Å². The molecule has 4 nitrogen and oxygen atoms in total. The Morgan fingerprint density at radius 3 is 2.53 bits per heavy atom. The van der Waals surface area contributed by atoms with Crippen LogP contribution in [0.2, 0.25) is 0 Å². The smallest absolute Gasteiger partial charge is 0.410 e. The summed E-state index contributed by atoms with van der Waals surface area (Å²) in [6.45, 7) is 11.6. The lowest BCUT2D eigenvalue weighted by Crippen LogP contribution is -2.50. The molecular weight excluding hydrogens is 240 g/mol. The van der Waals surface area contributed by atoms with Gasteiger partial charge >= 0.3 is 6.09 Å². The van der Waals surface area contributed by atoms with E-state index < -0.39 is 5.60 Å². The third-order valence-electron chi connectivity index (χ3n) is 3.73. The van der Waals surface area contributed by atoms with Crippen molar-refractivity contribution < 1.29 is 9.53 Å². The molecule has 0 bridgehead atoms. The SMILES string of the molecule is CC(C)C1CC(CCN)CCN1C(=O)OC(C)(C)C. The van der Waals surface area contributed by atoms with E-state index in [4.69, 9.17) is 10.5 Å². The van der Waals surface area contributed by atoms with Crippen LogP contribution in [0.4, 0.5) is 4.79 Å². The largest absolute Gasteiger partial charge is 0.444 e. The number of piperidine rings is 1. The van der Waals surface area contributed by atoms with Crippen LogP contribution in [0.3, 0.4) is 0 Å². The van der Waals surface area contributed by atoms with Gasteiger partial charge in [-0.1, -0.05) is 13.8 Å². The van der Waals surface area contributed by atoms with E-state index in [0.29, 0.717) is 11.8 Å². The summed E-state index contributed by atoms with van der Waals surface area (Å²) in [6.07, 6.45) is 2.98. The van der Waals surface area contributed by atoms with Gasteiger partial charge in [0.2, 0.25) is 0 Å². The molecule has 1 aliphatic heterocycles. The van der Waals surface area contributed by atoms with Gasteiger partial charge in [0, 0.05) is 12.6 Å². The molecule has 1 fully saturated rings. The summed E-state index contributed by atoms with van der Waals surface area (Å²) in [5.41, 5.74) is 5.23. The number of hydrogen-bond donors (Lipinski definition) is 1. The van der Waals surface area contributed by atoms with Crippen molar-refractivity contribution in [3.05, 3.63) is 0 Å². The van der Waals surface area contributed by atoms with Gasteiger partial charge in [0.25, 0.3) is 0 Å². The topological polar surface area (TPSA) is 55.6 Å². The number of amides is 1. The summed E-state index contributed by atoms with van der Waals surface area (Å²) in [7, 11) is 0. The van der Waals surface area contributed by atoms with E-state index in [9.17, 15) is 4.79 Å². The fourth-order valence-corrected chi connectivity index (χ4v) is 2.75. The number of likely N-dealkylation sites (tertiary alicyclic amines) is 1. The van der Waals surface area contributed by atoms with Crippen molar-refractivity contribution in [2.45, 2.75) is 65.5 Å². The number of hydrogen-bond acceptors (Lipinski definition) is 3. The molecule has 1 amide bonds. The second-order valence-corrected chi connectivity index (χ2v) is 6.95. The van der Waals surface area contributed by atoms with Crippen LogP contribution in [0.5, 0.6) is 0 Å². The average Bonchev–Trinajstić information content (AvgIpc) is 2.26. The fraction of sp³-hybridized carbons (Fsp3) is 0.933. The number of ether oxygens (including phenoxy) is 1. The molecule has 112 valence electrons. The molecule has 1 saturated heterocycles. The summed E-state index contributed by atoms with van der Waals surface area (Å²) < 4.78 is 5.52. The van der Waals surface area contributed by atoms with Crippen molar-refractivity contribution in [2.75, 3.05) is 13.1 Å². The summed E-state index contributed by atoms with van der Waals surface area (Å²) in [4.78, 5) is 14.2. The van der Waals surface area contributed by atoms with Crippen molar-refractivity contribution in [2.24, 2.45) is 17.6 Å². The predicted octanol–water partition coefficient (Wildman–Crippen LogP) is 3.01. The Kier molecular flexibility index (Phi) is 5.65. The van der Waals surface area contributed by atoms with Crippen molar-refractivity contribution in [1.82, 2.24) is 4.90 Å². The number of nitrogens with zero attached hydrogens (tertiary/aromatic N) is 1. The van der Waals surface area contributed by atoms with Crippen LogP contribution < -0.4 is 5.73 Å². The highest BCUT2D eigenvalue weighted by atomic mass is 16.6. The second-order valence-electron chi connectivity index (χ2n) is 6.95. The Balaban J connectivity index is 2.69. The molecule has 0 aromatic heterocycles. The summed E-state index contributed by atoms with van der Waals surface area (Å²) in [5.74, 6) is 1.10. The molecule has 1 aliphatic rings. The van der Waals surface area contributed by atoms with Crippen molar-refractivity contribution >= 4 is 6.09 Å². The Morgan fingerprint density at radius 1 is 1.42 bits per heavy atom. The molecule has 0 aromatic rings. The van der Waals surface area contributed by atoms with Crippen LogP contribution in [-0.2, 0) is 4.74 Å². The first-order valence-corrected chi connectivity index (χ1v) is 7.44. The molecule has 1 heterocycles. The zero-order valence-electron chi connectivity index (χ0n) is 13.1. The van der Waals surface area contributed by atoms with Gasteiger partial charge in [0.15, 0.2) is 0 Å². The van der Waals surface area contributed by atoms with Crippen molar-refractivity contribution in [3.63, 3.8) is 0 Å². The third kappa shape index (κ3) is 5.01. The Morgan fingerprint density at radius 2 is 2.05 bits per heavy atom. The minimum atomic E-state index is -0.424. The minimum Gasteiger partial charge on any atom is -0.444 e.